The molecule has 0 bridgehead atoms. The Balaban J connectivity index is 2.77. The van der Waals surface area contributed by atoms with Gasteiger partial charge in [-0.3, -0.25) is 4.79 Å². The van der Waals surface area contributed by atoms with Crippen molar-refractivity contribution in [2.24, 2.45) is 0 Å². The number of benzene rings is 1. The maximum absolute atomic E-state index is 11.4. The number of methoxy groups -OCH3 is 1. The first-order valence-corrected chi connectivity index (χ1v) is 6.15. The molecule has 5 nitrogen and oxygen atoms in total. The molecule has 0 unspecified atom stereocenters. The molecule has 3 N–H and O–H groups in total. The van der Waals surface area contributed by atoms with Crippen molar-refractivity contribution in [3.63, 3.8) is 0 Å². The average Bonchev–Trinajstić information content (AvgIpc) is 2.39. The summed E-state index contributed by atoms with van der Waals surface area (Å²) in [5.41, 5.74) is 8.62. The van der Waals surface area contributed by atoms with Crippen LogP contribution in [0.3, 0.4) is 0 Å². The zero-order valence-electron chi connectivity index (χ0n) is 11.3. The molecule has 6 heteroatoms. The topological polar surface area (TPSA) is 81.4 Å². The molecule has 1 aromatic carbocycles. The fourth-order valence-electron chi connectivity index (χ4n) is 1.89. The van der Waals surface area contributed by atoms with E-state index in [4.69, 9.17) is 5.73 Å². The smallest absolute Gasteiger partial charge is 0.307 e. The molecule has 0 fully saturated rings. The second-order valence-corrected chi connectivity index (χ2v) is 4.44. The largest absolute Gasteiger partial charge is 0.469 e. The minimum absolute atomic E-state index is 0.141. The van der Waals surface area contributed by atoms with Gasteiger partial charge in [0.1, 0.15) is 0 Å². The van der Waals surface area contributed by atoms with Gasteiger partial charge in [0, 0.05) is 11.7 Å². The first kappa shape index (κ1) is 15.2. The first-order chi connectivity index (χ1) is 9.06. The second kappa shape index (κ2) is 7.58. The molecule has 0 radical (unpaired) electrons. The van der Waals surface area contributed by atoms with E-state index in [2.05, 4.69) is 9.96 Å². The molecule has 0 aliphatic heterocycles. The highest BCUT2D eigenvalue weighted by molar-refractivity contribution is 6.64. The molecule has 1 rings (SSSR count). The minimum atomic E-state index is -0.301. The Morgan fingerprint density at radius 1 is 1.58 bits per heavy atom. The zero-order valence-corrected chi connectivity index (χ0v) is 11.3. The average molecular weight is 262 g/mol. The summed E-state index contributed by atoms with van der Waals surface area (Å²) >= 11 is 0. The number of hydrogen-bond donors (Lipinski definition) is 2. The maximum Gasteiger partial charge on any atom is 0.307 e. The lowest BCUT2D eigenvalue weighted by atomic mass is 9.91. The molecule has 0 aliphatic rings. The third-order valence-corrected chi connectivity index (χ3v) is 2.97. The first-order valence-electron chi connectivity index (χ1n) is 6.15. The van der Waals surface area contributed by atoms with E-state index < -0.39 is 0 Å². The lowest BCUT2D eigenvalue weighted by Crippen LogP contribution is -2.37. The quantitative estimate of drug-likeness (QED) is 0.317. The van der Waals surface area contributed by atoms with Crippen LogP contribution in [0, 0.1) is 6.92 Å². The van der Waals surface area contributed by atoms with E-state index in [9.17, 15) is 9.59 Å². The summed E-state index contributed by atoms with van der Waals surface area (Å²) in [5.74, 6) is -0.301. The molecule has 102 valence electrons. The van der Waals surface area contributed by atoms with Crippen molar-refractivity contribution in [1.29, 1.82) is 0 Å². The van der Waals surface area contributed by atoms with Crippen LogP contribution in [0.5, 0.6) is 0 Å². The second-order valence-electron chi connectivity index (χ2n) is 4.44. The van der Waals surface area contributed by atoms with Crippen LogP contribution in [0.2, 0.25) is 0 Å². The maximum atomic E-state index is 11.4. The number of aryl methyl sites for hydroxylation is 1. The van der Waals surface area contributed by atoms with Gasteiger partial charge < -0.3 is 20.5 Å². The summed E-state index contributed by atoms with van der Waals surface area (Å²) in [6.45, 7) is 1.99. The Kier molecular flexibility index (Phi) is 6.08. The van der Waals surface area contributed by atoms with Crippen LogP contribution < -0.4 is 11.0 Å². The number of carbonyl (C=O) groups excluding carboxylic acids is 2. The number of nitrogen functional groups attached to an aromatic ring is 1. The van der Waals surface area contributed by atoms with Gasteiger partial charge in [0.25, 0.3) is 7.41 Å². The van der Waals surface area contributed by atoms with Gasteiger partial charge in [-0.15, -0.1) is 0 Å². The molecular formula is C13H19BN2O3. The van der Waals surface area contributed by atoms with Gasteiger partial charge in [-0.25, -0.2) is 0 Å². The van der Waals surface area contributed by atoms with Crippen molar-refractivity contribution in [1.82, 2.24) is 5.23 Å². The molecule has 0 spiro atoms. The van der Waals surface area contributed by atoms with Crippen LogP contribution >= 0.6 is 0 Å². The highest BCUT2D eigenvalue weighted by Gasteiger charge is 2.15. The SMILES string of the molecule is COC(=O)C[C@H](Cc1cc(N)ccc1C)NBC=O. The van der Waals surface area contributed by atoms with Crippen LogP contribution in [0.1, 0.15) is 17.5 Å². The number of esters is 1. The van der Waals surface area contributed by atoms with Gasteiger partial charge >= 0.3 is 5.97 Å². The zero-order chi connectivity index (χ0) is 14.3. The fraction of sp³-hybridized carbons (Fsp3) is 0.385. The van der Waals surface area contributed by atoms with E-state index in [-0.39, 0.29) is 25.8 Å². The predicted molar refractivity (Wildman–Crippen MR) is 76.8 cm³/mol. The summed E-state index contributed by atoms with van der Waals surface area (Å²) < 4.78 is 4.66. The van der Waals surface area contributed by atoms with Crippen LogP contribution in [-0.2, 0) is 20.7 Å². The Labute approximate surface area is 113 Å². The lowest BCUT2D eigenvalue weighted by Gasteiger charge is -2.18. The van der Waals surface area contributed by atoms with E-state index in [1.165, 1.54) is 7.11 Å². The summed E-state index contributed by atoms with van der Waals surface area (Å²) in [4.78, 5) is 21.8. The highest BCUT2D eigenvalue weighted by Crippen LogP contribution is 2.15. The van der Waals surface area contributed by atoms with Crippen molar-refractivity contribution in [2.75, 3.05) is 12.8 Å². The Morgan fingerprint density at radius 3 is 2.95 bits per heavy atom. The standard InChI is InChI=1S/C13H19BN2O3/c1-9-3-4-11(15)5-10(9)6-12(16-14-8-17)7-13(18)19-2/h3-5,8,12,14,16H,6-7,15H2,1-2H3/t12-/m0/s1. The third-order valence-electron chi connectivity index (χ3n) is 2.97. The summed E-state index contributed by atoms with van der Waals surface area (Å²) in [7, 11) is 1.56. The molecule has 0 aliphatic carbocycles. The summed E-state index contributed by atoms with van der Waals surface area (Å²) in [6, 6.07) is 5.53. The number of hydrogen-bond acceptors (Lipinski definition) is 5. The van der Waals surface area contributed by atoms with Gasteiger partial charge in [0.05, 0.1) is 19.7 Å². The molecule has 0 aromatic heterocycles. The molecule has 0 amide bonds. The van der Waals surface area contributed by atoms with Gasteiger partial charge in [-0.1, -0.05) is 6.07 Å². The van der Waals surface area contributed by atoms with E-state index in [0.717, 1.165) is 17.3 Å². The van der Waals surface area contributed by atoms with Crippen molar-refractivity contribution in [3.8, 4) is 0 Å². The Bertz CT molecular complexity index is 452. The number of carbonyl (C=O) groups is 2. The van der Waals surface area contributed by atoms with Gasteiger partial charge in [-0.05, 0) is 36.6 Å². The summed E-state index contributed by atoms with van der Waals surface area (Å²) in [6.07, 6.45) is 1.62. The third kappa shape index (κ3) is 5.13. The van der Waals surface area contributed by atoms with E-state index in [1.54, 1.807) is 0 Å². The number of nitrogens with one attached hydrogen (secondary N) is 1. The molecule has 0 saturated carbocycles. The number of rotatable bonds is 7. The van der Waals surface area contributed by atoms with Crippen molar-refractivity contribution < 1.29 is 14.3 Å². The molecule has 0 heterocycles. The fourth-order valence-corrected chi connectivity index (χ4v) is 1.89. The number of ether oxygens (including phenoxy) is 1. The lowest BCUT2D eigenvalue weighted by molar-refractivity contribution is -0.141. The van der Waals surface area contributed by atoms with E-state index >= 15 is 0 Å². The van der Waals surface area contributed by atoms with Crippen LogP contribution in [0.15, 0.2) is 18.2 Å². The molecule has 19 heavy (non-hydrogen) atoms. The van der Waals surface area contributed by atoms with Crippen molar-refractivity contribution >= 4 is 25.3 Å². The van der Waals surface area contributed by atoms with Crippen molar-refractivity contribution in [2.45, 2.75) is 25.8 Å². The highest BCUT2D eigenvalue weighted by atomic mass is 16.5. The van der Waals surface area contributed by atoms with Crippen LogP contribution in [-0.4, -0.2) is 32.7 Å². The predicted octanol–water partition coefficient (Wildman–Crippen LogP) is 0.183. The van der Waals surface area contributed by atoms with Gasteiger partial charge in [0.2, 0.25) is 0 Å². The number of nitrogens with two attached hydrogens (primary N) is 1. The van der Waals surface area contributed by atoms with Crippen LogP contribution in [0.4, 0.5) is 5.69 Å². The molecule has 1 atom stereocenters. The summed E-state index contributed by atoms with van der Waals surface area (Å²) in [5, 5.41) is 3.02. The monoisotopic (exact) mass is 262 g/mol. The van der Waals surface area contributed by atoms with Gasteiger partial charge in [0.15, 0.2) is 0 Å². The Morgan fingerprint density at radius 2 is 2.32 bits per heavy atom. The normalized spacial score (nSPS) is 11.7. The number of anilines is 1. The molecular weight excluding hydrogens is 243 g/mol. The van der Waals surface area contributed by atoms with E-state index in [0.29, 0.717) is 12.1 Å². The molecule has 0 saturated heterocycles. The minimum Gasteiger partial charge on any atom is -0.469 e. The van der Waals surface area contributed by atoms with Crippen LogP contribution in [0.25, 0.3) is 0 Å². The van der Waals surface area contributed by atoms with Gasteiger partial charge in [-0.2, -0.15) is 0 Å². The van der Waals surface area contributed by atoms with E-state index in [1.807, 2.05) is 25.1 Å². The Hall–Kier alpha value is -1.82. The van der Waals surface area contributed by atoms with Crippen molar-refractivity contribution in [3.05, 3.63) is 29.3 Å². The molecule has 1 aromatic rings.